The third-order valence-corrected chi connectivity index (χ3v) is 6.74. The lowest BCUT2D eigenvalue weighted by molar-refractivity contribution is -0.119. The Morgan fingerprint density at radius 2 is 1.64 bits per heavy atom. The van der Waals surface area contributed by atoms with E-state index in [1.807, 2.05) is 67.9 Å². The van der Waals surface area contributed by atoms with E-state index in [9.17, 15) is 9.59 Å². The summed E-state index contributed by atoms with van der Waals surface area (Å²) in [6, 6.07) is 21.0. The van der Waals surface area contributed by atoms with Crippen molar-refractivity contribution in [1.82, 2.24) is 9.78 Å². The normalized spacial score (nSPS) is 13.0. The van der Waals surface area contributed by atoms with Crippen molar-refractivity contribution in [3.63, 3.8) is 0 Å². The van der Waals surface area contributed by atoms with Gasteiger partial charge in [0.25, 0.3) is 5.91 Å². The molecule has 0 radical (unpaired) electrons. The molecule has 1 aliphatic rings. The van der Waals surface area contributed by atoms with Gasteiger partial charge in [-0.1, -0.05) is 53.6 Å². The van der Waals surface area contributed by atoms with Crippen LogP contribution in [-0.4, -0.2) is 21.6 Å². The zero-order valence-corrected chi connectivity index (χ0v) is 21.3. The quantitative estimate of drug-likeness (QED) is 0.350. The highest BCUT2D eigenvalue weighted by Crippen LogP contribution is 2.30. The van der Waals surface area contributed by atoms with E-state index in [4.69, 9.17) is 16.7 Å². The number of nitrogens with zero attached hydrogens (tertiary/aromatic N) is 3. The van der Waals surface area contributed by atoms with E-state index in [0.29, 0.717) is 30.1 Å². The van der Waals surface area contributed by atoms with Crippen molar-refractivity contribution in [3.8, 4) is 11.3 Å². The summed E-state index contributed by atoms with van der Waals surface area (Å²) in [4.78, 5) is 27.5. The first-order valence-corrected chi connectivity index (χ1v) is 12.3. The second-order valence-electron chi connectivity index (χ2n) is 9.27. The van der Waals surface area contributed by atoms with Gasteiger partial charge >= 0.3 is 0 Å². The number of aromatic nitrogens is 2. The minimum absolute atomic E-state index is 0.0530. The third-order valence-electron chi connectivity index (χ3n) is 6.49. The molecule has 1 aliphatic heterocycles. The minimum atomic E-state index is -0.156. The number of halogens is 1. The van der Waals surface area contributed by atoms with Crippen LogP contribution in [0.4, 0.5) is 11.5 Å². The van der Waals surface area contributed by atoms with Gasteiger partial charge in [-0.3, -0.25) is 14.5 Å². The number of fused-ring (bicyclic) bond motifs is 1. The first kappa shape index (κ1) is 23.8. The van der Waals surface area contributed by atoms with E-state index < -0.39 is 0 Å². The van der Waals surface area contributed by atoms with E-state index in [0.717, 1.165) is 39.5 Å². The molecule has 6 nitrogen and oxygen atoms in total. The Labute approximate surface area is 215 Å². The zero-order valence-electron chi connectivity index (χ0n) is 20.5. The van der Waals surface area contributed by atoms with Crippen molar-refractivity contribution in [2.24, 2.45) is 0 Å². The Morgan fingerprint density at radius 1 is 0.972 bits per heavy atom. The highest BCUT2D eigenvalue weighted by Gasteiger charge is 2.26. The van der Waals surface area contributed by atoms with Gasteiger partial charge in [0.1, 0.15) is 5.82 Å². The van der Waals surface area contributed by atoms with Gasteiger partial charge in [-0.15, -0.1) is 0 Å². The van der Waals surface area contributed by atoms with Crippen LogP contribution < -0.4 is 10.2 Å². The van der Waals surface area contributed by atoms with E-state index in [1.54, 1.807) is 17.0 Å². The summed E-state index contributed by atoms with van der Waals surface area (Å²) in [6.45, 7) is 7.00. The van der Waals surface area contributed by atoms with E-state index in [2.05, 4.69) is 17.4 Å². The molecular weight excluding hydrogens is 472 g/mol. The predicted molar refractivity (Wildman–Crippen MR) is 144 cm³/mol. The molecule has 0 aliphatic carbocycles. The lowest BCUT2D eigenvalue weighted by Gasteiger charge is -2.27. The van der Waals surface area contributed by atoms with Crippen molar-refractivity contribution in [1.29, 1.82) is 0 Å². The van der Waals surface area contributed by atoms with Crippen molar-refractivity contribution >= 4 is 34.9 Å². The molecule has 0 bridgehead atoms. The summed E-state index contributed by atoms with van der Waals surface area (Å²) in [5, 5.41) is 8.41. The summed E-state index contributed by atoms with van der Waals surface area (Å²) in [5.74, 6) is 0.664. The highest BCUT2D eigenvalue weighted by molar-refractivity contribution is 6.30. The molecule has 0 atom stereocenters. The van der Waals surface area contributed by atoms with Crippen molar-refractivity contribution in [2.45, 2.75) is 40.3 Å². The first-order valence-electron chi connectivity index (χ1n) is 11.9. The van der Waals surface area contributed by atoms with Gasteiger partial charge in [-0.2, -0.15) is 5.10 Å². The molecule has 1 N–H and O–H groups in total. The fraction of sp³-hybridized carbons (Fsp3) is 0.207. The topological polar surface area (TPSA) is 67.2 Å². The molecule has 4 aromatic rings. The molecule has 1 aromatic heterocycles. The molecule has 0 fully saturated rings. The molecule has 7 heteroatoms. The molecule has 5 rings (SSSR count). The van der Waals surface area contributed by atoms with Crippen LogP contribution >= 0.6 is 11.6 Å². The van der Waals surface area contributed by atoms with Crippen LogP contribution in [-0.2, 0) is 17.9 Å². The minimum Gasteiger partial charge on any atom is -0.322 e. The second-order valence-corrected chi connectivity index (χ2v) is 9.71. The molecule has 0 saturated heterocycles. The van der Waals surface area contributed by atoms with Crippen LogP contribution in [0.25, 0.3) is 11.3 Å². The van der Waals surface area contributed by atoms with Gasteiger partial charge in [0.2, 0.25) is 5.91 Å². The predicted octanol–water partition coefficient (Wildman–Crippen LogP) is 6.32. The van der Waals surface area contributed by atoms with Crippen molar-refractivity contribution in [2.75, 3.05) is 10.2 Å². The first-order chi connectivity index (χ1) is 17.3. The number of carbonyl (C=O) groups excluding carboxylic acids is 2. The maximum atomic E-state index is 12.9. The average molecular weight is 499 g/mol. The largest absolute Gasteiger partial charge is 0.322 e. The fourth-order valence-electron chi connectivity index (χ4n) is 4.69. The van der Waals surface area contributed by atoms with Gasteiger partial charge in [-0.05, 0) is 61.7 Å². The van der Waals surface area contributed by atoms with Crippen LogP contribution in [0.2, 0.25) is 5.02 Å². The van der Waals surface area contributed by atoms with Crippen LogP contribution in [0, 0.1) is 20.8 Å². The average Bonchev–Trinajstić information content (AvgIpc) is 3.28. The number of nitrogens with one attached hydrogen (secondary N) is 1. The Kier molecular flexibility index (Phi) is 6.37. The Morgan fingerprint density at radius 3 is 2.31 bits per heavy atom. The zero-order chi connectivity index (χ0) is 25.4. The van der Waals surface area contributed by atoms with Crippen molar-refractivity contribution < 1.29 is 9.59 Å². The molecule has 3 aromatic carbocycles. The standard InChI is InChI=1S/C29H27ClN4O2/c1-18-14-19(2)28(20(3)15-18)31-29(36)23-6-4-21(5-7-23)17-33-26-16-25(22-8-10-24(30)11-9-22)32-34(26)13-12-27(33)35/h4-11,14-16H,12-13,17H2,1-3H3,(H,31,36). The number of hydrogen-bond donors (Lipinski definition) is 1. The third kappa shape index (κ3) is 4.77. The van der Waals surface area contributed by atoms with Crippen LogP contribution in [0.1, 0.15) is 39.0 Å². The molecule has 36 heavy (non-hydrogen) atoms. The van der Waals surface area contributed by atoms with Gasteiger partial charge in [0.15, 0.2) is 0 Å². The summed E-state index contributed by atoms with van der Waals surface area (Å²) in [5.41, 5.74) is 7.34. The molecule has 182 valence electrons. The van der Waals surface area contributed by atoms with Crippen LogP contribution in [0.15, 0.2) is 66.7 Å². The van der Waals surface area contributed by atoms with Crippen LogP contribution in [0.3, 0.4) is 0 Å². The van der Waals surface area contributed by atoms with Crippen molar-refractivity contribution in [3.05, 3.63) is 99.6 Å². The smallest absolute Gasteiger partial charge is 0.255 e. The summed E-state index contributed by atoms with van der Waals surface area (Å²) >= 11 is 6.02. The molecule has 2 heterocycles. The molecule has 0 saturated carbocycles. The van der Waals surface area contributed by atoms with Gasteiger partial charge in [-0.25, -0.2) is 4.68 Å². The number of benzene rings is 3. The molecule has 2 amide bonds. The Hall–Kier alpha value is -3.90. The van der Waals surface area contributed by atoms with Gasteiger partial charge in [0.05, 0.1) is 18.8 Å². The maximum Gasteiger partial charge on any atom is 0.255 e. The summed E-state index contributed by atoms with van der Waals surface area (Å²) in [7, 11) is 0. The summed E-state index contributed by atoms with van der Waals surface area (Å²) < 4.78 is 1.87. The number of anilines is 2. The fourth-order valence-corrected chi connectivity index (χ4v) is 4.82. The molecule has 0 unspecified atom stereocenters. The van der Waals surface area contributed by atoms with E-state index in [1.165, 1.54) is 5.56 Å². The van der Waals surface area contributed by atoms with Crippen LogP contribution in [0.5, 0.6) is 0 Å². The molecule has 0 spiro atoms. The number of aryl methyl sites for hydroxylation is 4. The van der Waals surface area contributed by atoms with E-state index >= 15 is 0 Å². The lowest BCUT2D eigenvalue weighted by Crippen LogP contribution is -2.36. The second kappa shape index (κ2) is 9.63. The van der Waals surface area contributed by atoms with Gasteiger partial charge in [0, 0.05) is 34.3 Å². The highest BCUT2D eigenvalue weighted by atomic mass is 35.5. The number of amides is 2. The molecular formula is C29H27ClN4O2. The number of hydrogen-bond acceptors (Lipinski definition) is 3. The number of carbonyl (C=O) groups is 2. The SMILES string of the molecule is Cc1cc(C)c(NC(=O)c2ccc(CN3C(=O)CCn4nc(-c5ccc(Cl)cc5)cc43)cc2)c(C)c1. The Bertz CT molecular complexity index is 1430. The van der Waals surface area contributed by atoms with E-state index in [-0.39, 0.29) is 11.8 Å². The summed E-state index contributed by atoms with van der Waals surface area (Å²) in [6.07, 6.45) is 0.393. The van der Waals surface area contributed by atoms with Gasteiger partial charge < -0.3 is 5.32 Å². The Balaban J connectivity index is 1.33. The maximum absolute atomic E-state index is 12.9. The lowest BCUT2D eigenvalue weighted by atomic mass is 10.0. The number of rotatable bonds is 5. The monoisotopic (exact) mass is 498 g/mol.